The molecule has 0 bridgehead atoms. The zero-order valence-electron chi connectivity index (χ0n) is 17.3. The smallest absolute Gasteiger partial charge is 0.255 e. The second-order valence-corrected chi connectivity index (χ2v) is 10.1. The van der Waals surface area contributed by atoms with Crippen LogP contribution in [0.15, 0.2) is 18.2 Å². The summed E-state index contributed by atoms with van der Waals surface area (Å²) in [5.41, 5.74) is 1.97. The molecule has 2 aromatic heterocycles. The van der Waals surface area contributed by atoms with Gasteiger partial charge in [0.25, 0.3) is 5.92 Å². The molecule has 1 spiro atoms. The number of aliphatic hydroxyl groups excluding tert-OH is 1. The van der Waals surface area contributed by atoms with Crippen molar-refractivity contribution in [1.29, 1.82) is 0 Å². The standard InChI is InChI=1S/C22H27F2N5O2/c23-22(24)10-15(22)19(31)28-11-21(12-28)8-6-13(7-9-21)16-2-1-3-17-25-20(27-29(16)17)26-18(30)14-4-5-14/h1-3,13-15,19,31H,4-12H2,(H,26,27,30)/t15-,19?/m0/s1. The minimum atomic E-state index is -2.69. The van der Waals surface area contributed by atoms with Gasteiger partial charge in [-0.25, -0.2) is 13.3 Å². The van der Waals surface area contributed by atoms with Crippen molar-refractivity contribution in [3.05, 3.63) is 23.9 Å². The number of carbonyl (C=O) groups excluding carboxylic acids is 1. The summed E-state index contributed by atoms with van der Waals surface area (Å²) in [5, 5.41) is 17.6. The van der Waals surface area contributed by atoms with Crippen LogP contribution in [-0.4, -0.2) is 55.8 Å². The third-order valence-corrected chi connectivity index (χ3v) is 7.72. The summed E-state index contributed by atoms with van der Waals surface area (Å²) in [7, 11) is 0. The topological polar surface area (TPSA) is 82.8 Å². The first-order valence-electron chi connectivity index (χ1n) is 11.3. The Balaban J connectivity index is 1.10. The van der Waals surface area contributed by atoms with Crippen LogP contribution in [0.1, 0.15) is 56.6 Å². The van der Waals surface area contributed by atoms with Crippen LogP contribution in [0.2, 0.25) is 0 Å². The summed E-state index contributed by atoms with van der Waals surface area (Å²) in [6.45, 7) is 1.41. The third kappa shape index (κ3) is 3.42. The van der Waals surface area contributed by atoms with Crippen molar-refractivity contribution in [2.75, 3.05) is 18.4 Å². The average Bonchev–Trinajstić information content (AvgIpc) is 3.62. The highest BCUT2D eigenvalue weighted by Crippen LogP contribution is 2.55. The molecule has 2 atom stereocenters. The Morgan fingerprint density at radius 1 is 1.19 bits per heavy atom. The minimum Gasteiger partial charge on any atom is -0.378 e. The van der Waals surface area contributed by atoms with E-state index in [9.17, 15) is 18.7 Å². The fourth-order valence-corrected chi connectivity index (χ4v) is 5.50. The van der Waals surface area contributed by atoms with Gasteiger partial charge >= 0.3 is 0 Å². The molecule has 166 valence electrons. The molecule has 1 unspecified atom stereocenters. The maximum Gasteiger partial charge on any atom is 0.255 e. The van der Waals surface area contributed by atoms with Gasteiger partial charge in [0, 0.05) is 37.0 Å². The number of carbonyl (C=O) groups is 1. The number of alkyl halides is 2. The molecule has 6 rings (SSSR count). The van der Waals surface area contributed by atoms with Crippen LogP contribution < -0.4 is 5.32 Å². The van der Waals surface area contributed by atoms with Crippen molar-refractivity contribution in [3.63, 3.8) is 0 Å². The van der Waals surface area contributed by atoms with E-state index in [0.29, 0.717) is 25.0 Å². The summed E-state index contributed by atoms with van der Waals surface area (Å²) in [6, 6.07) is 5.95. The maximum absolute atomic E-state index is 13.3. The van der Waals surface area contributed by atoms with E-state index in [1.807, 2.05) is 21.5 Å². The van der Waals surface area contributed by atoms with Gasteiger partial charge in [-0.05, 0) is 56.1 Å². The largest absolute Gasteiger partial charge is 0.378 e. The first kappa shape index (κ1) is 19.5. The number of aliphatic hydroxyl groups is 1. The lowest BCUT2D eigenvalue weighted by Gasteiger charge is -2.55. The first-order chi connectivity index (χ1) is 14.8. The monoisotopic (exact) mass is 431 g/mol. The summed E-state index contributed by atoms with van der Waals surface area (Å²) in [6.07, 6.45) is 4.68. The maximum atomic E-state index is 13.3. The van der Waals surface area contributed by atoms with Gasteiger partial charge in [0.1, 0.15) is 6.23 Å². The SMILES string of the molecule is O=C(Nc1nc2cccc(C3CCC4(CC3)CN(C(O)[C@@H]3CC3(F)F)C4)n2n1)C1CC1. The summed E-state index contributed by atoms with van der Waals surface area (Å²) >= 11 is 0. The number of amides is 1. The van der Waals surface area contributed by atoms with Crippen molar-refractivity contribution < 1.29 is 18.7 Å². The molecular weight excluding hydrogens is 404 g/mol. The number of hydrogen-bond donors (Lipinski definition) is 2. The van der Waals surface area contributed by atoms with Crippen LogP contribution in [0, 0.1) is 17.3 Å². The number of halogens is 2. The van der Waals surface area contributed by atoms with E-state index in [4.69, 9.17) is 0 Å². The highest BCUT2D eigenvalue weighted by molar-refractivity contribution is 5.92. The third-order valence-electron chi connectivity index (χ3n) is 7.72. The highest BCUT2D eigenvalue weighted by Gasteiger charge is 2.63. The quantitative estimate of drug-likeness (QED) is 0.761. The Kier molecular flexibility index (Phi) is 4.21. The number of anilines is 1. The van der Waals surface area contributed by atoms with Crippen molar-refractivity contribution >= 4 is 17.5 Å². The van der Waals surface area contributed by atoms with Gasteiger partial charge in [-0.1, -0.05) is 6.07 Å². The second-order valence-electron chi connectivity index (χ2n) is 10.1. The number of nitrogens with one attached hydrogen (secondary N) is 1. The van der Waals surface area contributed by atoms with Crippen LogP contribution in [0.3, 0.4) is 0 Å². The summed E-state index contributed by atoms with van der Waals surface area (Å²) in [4.78, 5) is 18.3. The number of rotatable bonds is 5. The van der Waals surface area contributed by atoms with Gasteiger partial charge in [-0.2, -0.15) is 4.98 Å². The van der Waals surface area contributed by atoms with E-state index in [2.05, 4.69) is 21.5 Å². The van der Waals surface area contributed by atoms with E-state index in [0.717, 1.165) is 49.9 Å². The molecule has 0 aromatic carbocycles. The molecule has 4 aliphatic rings. The van der Waals surface area contributed by atoms with E-state index in [1.54, 1.807) is 0 Å². The molecular formula is C22H27F2N5O2. The van der Waals surface area contributed by atoms with Crippen LogP contribution in [0.25, 0.3) is 5.65 Å². The lowest BCUT2D eigenvalue weighted by atomic mass is 9.65. The zero-order valence-corrected chi connectivity index (χ0v) is 17.3. The highest BCUT2D eigenvalue weighted by atomic mass is 19.3. The molecule has 2 N–H and O–H groups in total. The van der Waals surface area contributed by atoms with Crippen LogP contribution in [0.5, 0.6) is 0 Å². The number of fused-ring (bicyclic) bond motifs is 1. The van der Waals surface area contributed by atoms with E-state index < -0.39 is 18.1 Å². The van der Waals surface area contributed by atoms with Gasteiger partial charge < -0.3 is 5.11 Å². The Hall–Kier alpha value is -2.13. The minimum absolute atomic E-state index is 0.00208. The predicted molar refractivity (Wildman–Crippen MR) is 109 cm³/mol. The number of nitrogens with zero attached hydrogens (tertiary/aromatic N) is 4. The lowest BCUT2D eigenvalue weighted by molar-refractivity contribution is -0.143. The Morgan fingerprint density at radius 2 is 1.90 bits per heavy atom. The van der Waals surface area contributed by atoms with Crippen LogP contribution in [-0.2, 0) is 4.79 Å². The summed E-state index contributed by atoms with van der Waals surface area (Å²) in [5.74, 6) is -2.77. The normalized spacial score (nSPS) is 28.4. The molecule has 7 nitrogen and oxygen atoms in total. The molecule has 31 heavy (non-hydrogen) atoms. The van der Waals surface area contributed by atoms with E-state index >= 15 is 0 Å². The lowest BCUT2D eigenvalue weighted by Crippen LogP contribution is -2.61. The molecule has 3 aliphatic carbocycles. The van der Waals surface area contributed by atoms with E-state index in [-0.39, 0.29) is 23.7 Å². The van der Waals surface area contributed by atoms with Gasteiger partial charge in [0.15, 0.2) is 5.65 Å². The predicted octanol–water partition coefficient (Wildman–Crippen LogP) is 3.01. The van der Waals surface area contributed by atoms with Crippen molar-refractivity contribution in [3.8, 4) is 0 Å². The molecule has 1 aliphatic heterocycles. The molecule has 9 heteroatoms. The number of aromatic nitrogens is 3. The van der Waals surface area contributed by atoms with Crippen LogP contribution >= 0.6 is 0 Å². The molecule has 1 amide bonds. The first-order valence-corrected chi connectivity index (χ1v) is 11.3. The Morgan fingerprint density at radius 3 is 2.55 bits per heavy atom. The average molecular weight is 431 g/mol. The number of pyridine rings is 1. The van der Waals surface area contributed by atoms with Gasteiger partial charge in [0.2, 0.25) is 11.9 Å². The molecule has 4 fully saturated rings. The Bertz CT molecular complexity index is 1020. The zero-order chi connectivity index (χ0) is 21.4. The molecule has 1 saturated heterocycles. The van der Waals surface area contributed by atoms with E-state index in [1.165, 1.54) is 0 Å². The number of hydrogen-bond acceptors (Lipinski definition) is 5. The molecule has 0 radical (unpaired) electrons. The van der Waals surface area contributed by atoms with Gasteiger partial charge in [-0.15, -0.1) is 5.10 Å². The fourth-order valence-electron chi connectivity index (χ4n) is 5.50. The molecule has 2 aromatic rings. The van der Waals surface area contributed by atoms with Crippen molar-refractivity contribution in [2.24, 2.45) is 17.3 Å². The fraction of sp³-hybridized carbons (Fsp3) is 0.682. The molecule has 3 heterocycles. The Labute approximate surface area is 178 Å². The van der Waals surface area contributed by atoms with Gasteiger partial charge in [-0.3, -0.25) is 15.0 Å². The van der Waals surface area contributed by atoms with Crippen molar-refractivity contribution in [2.45, 2.75) is 63.0 Å². The van der Waals surface area contributed by atoms with Crippen molar-refractivity contribution in [1.82, 2.24) is 19.5 Å². The molecule has 3 saturated carbocycles. The van der Waals surface area contributed by atoms with Gasteiger partial charge in [0.05, 0.1) is 5.92 Å². The second kappa shape index (κ2) is 6.68. The number of likely N-dealkylation sites (tertiary alicyclic amines) is 1. The van der Waals surface area contributed by atoms with Crippen LogP contribution in [0.4, 0.5) is 14.7 Å². The summed E-state index contributed by atoms with van der Waals surface area (Å²) < 4.78 is 28.4.